The molecule has 2 aromatic rings. The van der Waals surface area contributed by atoms with E-state index in [0.29, 0.717) is 21.2 Å². The molecule has 0 spiro atoms. The summed E-state index contributed by atoms with van der Waals surface area (Å²) in [5.74, 6) is -0.632. The Morgan fingerprint density at radius 3 is 2.63 bits per heavy atom. The minimum absolute atomic E-state index is 0.281. The molecule has 0 amide bonds. The molecule has 1 nitrogen and oxygen atoms in total. The van der Waals surface area contributed by atoms with Crippen molar-refractivity contribution < 1.29 is 9.18 Å². The molecule has 0 aliphatic heterocycles. The van der Waals surface area contributed by atoms with Crippen LogP contribution in [0.2, 0.25) is 10.0 Å². The van der Waals surface area contributed by atoms with Crippen molar-refractivity contribution in [2.75, 3.05) is 0 Å². The lowest BCUT2D eigenvalue weighted by Crippen LogP contribution is -1.95. The molecule has 19 heavy (non-hydrogen) atoms. The second-order valence-electron chi connectivity index (χ2n) is 3.88. The summed E-state index contributed by atoms with van der Waals surface area (Å²) in [6.45, 7) is 0. The van der Waals surface area contributed by atoms with Crippen molar-refractivity contribution in [1.29, 1.82) is 0 Å². The first kappa shape index (κ1) is 13.8. The number of allylic oxidation sites excluding steroid dienone is 1. The topological polar surface area (TPSA) is 17.1 Å². The molecule has 0 atom stereocenters. The molecular formula is C15H9Cl2FO. The number of carbonyl (C=O) groups is 1. The Labute approximate surface area is 120 Å². The summed E-state index contributed by atoms with van der Waals surface area (Å²) in [5, 5.41) is 0.769. The highest BCUT2D eigenvalue weighted by atomic mass is 35.5. The van der Waals surface area contributed by atoms with E-state index in [0.717, 1.165) is 0 Å². The van der Waals surface area contributed by atoms with E-state index < -0.39 is 0 Å². The van der Waals surface area contributed by atoms with Crippen molar-refractivity contribution in [3.05, 3.63) is 75.5 Å². The molecule has 0 aliphatic rings. The first-order valence-electron chi connectivity index (χ1n) is 5.49. The summed E-state index contributed by atoms with van der Waals surface area (Å²) < 4.78 is 13.0. The highest BCUT2D eigenvalue weighted by molar-refractivity contribution is 6.36. The molecule has 0 radical (unpaired) electrons. The molecule has 0 N–H and O–H groups in total. The minimum atomic E-state index is -0.351. The van der Waals surface area contributed by atoms with Gasteiger partial charge in [-0.25, -0.2) is 4.39 Å². The van der Waals surface area contributed by atoms with E-state index in [1.807, 2.05) is 0 Å². The molecule has 0 aromatic heterocycles. The van der Waals surface area contributed by atoms with Gasteiger partial charge in [0.25, 0.3) is 0 Å². The predicted octanol–water partition coefficient (Wildman–Crippen LogP) is 5.03. The molecule has 2 rings (SSSR count). The molecule has 0 fully saturated rings. The van der Waals surface area contributed by atoms with Crippen LogP contribution in [0.1, 0.15) is 15.9 Å². The van der Waals surface area contributed by atoms with Gasteiger partial charge in [0.15, 0.2) is 5.78 Å². The Morgan fingerprint density at radius 1 is 1.11 bits per heavy atom. The summed E-state index contributed by atoms with van der Waals surface area (Å²) in [6.07, 6.45) is 2.87. The largest absolute Gasteiger partial charge is 0.289 e. The summed E-state index contributed by atoms with van der Waals surface area (Å²) in [6, 6.07) is 10.6. The van der Waals surface area contributed by atoms with Gasteiger partial charge in [-0.1, -0.05) is 41.4 Å². The van der Waals surface area contributed by atoms with Crippen molar-refractivity contribution >= 4 is 35.1 Å². The van der Waals surface area contributed by atoms with Crippen molar-refractivity contribution in [2.24, 2.45) is 0 Å². The third-order valence-corrected chi connectivity index (χ3v) is 3.03. The first-order valence-corrected chi connectivity index (χ1v) is 6.25. The number of carbonyl (C=O) groups excluding carboxylic acids is 1. The van der Waals surface area contributed by atoms with E-state index in [4.69, 9.17) is 23.2 Å². The number of hydrogen-bond acceptors (Lipinski definition) is 1. The summed E-state index contributed by atoms with van der Waals surface area (Å²) in [5.41, 5.74) is 0.924. The smallest absolute Gasteiger partial charge is 0.187 e. The maximum atomic E-state index is 13.0. The fraction of sp³-hybridized carbons (Fsp3) is 0. The summed E-state index contributed by atoms with van der Waals surface area (Å²) in [4.78, 5) is 12.0. The van der Waals surface area contributed by atoms with Gasteiger partial charge in [0.05, 0.1) is 5.02 Å². The molecule has 0 saturated carbocycles. The zero-order valence-corrected chi connectivity index (χ0v) is 11.3. The Morgan fingerprint density at radius 2 is 1.89 bits per heavy atom. The number of benzene rings is 2. The average molecular weight is 295 g/mol. The number of hydrogen-bond donors (Lipinski definition) is 0. The molecular weight excluding hydrogens is 286 g/mol. The van der Waals surface area contributed by atoms with Crippen molar-refractivity contribution in [3.8, 4) is 0 Å². The van der Waals surface area contributed by atoms with Crippen LogP contribution in [0.25, 0.3) is 6.08 Å². The van der Waals surface area contributed by atoms with Gasteiger partial charge in [0.2, 0.25) is 0 Å². The first-order chi connectivity index (χ1) is 9.06. The normalized spacial score (nSPS) is 10.9. The van der Waals surface area contributed by atoms with Gasteiger partial charge in [0, 0.05) is 10.6 Å². The van der Waals surface area contributed by atoms with Crippen LogP contribution in [-0.4, -0.2) is 5.78 Å². The molecule has 0 heterocycles. The second-order valence-corrected chi connectivity index (χ2v) is 4.72. The Bertz CT molecular complexity index is 650. The van der Waals surface area contributed by atoms with Gasteiger partial charge in [-0.2, -0.15) is 0 Å². The average Bonchev–Trinajstić information content (AvgIpc) is 2.39. The van der Waals surface area contributed by atoms with Crippen LogP contribution in [0.4, 0.5) is 4.39 Å². The van der Waals surface area contributed by atoms with Crippen LogP contribution in [0.3, 0.4) is 0 Å². The van der Waals surface area contributed by atoms with Crippen LogP contribution < -0.4 is 0 Å². The van der Waals surface area contributed by atoms with E-state index in [9.17, 15) is 9.18 Å². The van der Waals surface area contributed by atoms with Crippen molar-refractivity contribution in [2.45, 2.75) is 0 Å². The highest BCUT2D eigenvalue weighted by Gasteiger charge is 2.07. The van der Waals surface area contributed by atoms with Crippen molar-refractivity contribution in [3.63, 3.8) is 0 Å². The lowest BCUT2D eigenvalue weighted by Gasteiger charge is -2.00. The fourth-order valence-electron chi connectivity index (χ4n) is 1.56. The van der Waals surface area contributed by atoms with Gasteiger partial charge in [-0.05, 0) is 42.0 Å². The Hall–Kier alpha value is -1.64. The summed E-state index contributed by atoms with van der Waals surface area (Å²) >= 11 is 11.7. The molecule has 2 aromatic carbocycles. The van der Waals surface area contributed by atoms with Gasteiger partial charge in [-0.3, -0.25) is 4.79 Å². The van der Waals surface area contributed by atoms with Gasteiger partial charge < -0.3 is 0 Å². The Kier molecular flexibility index (Phi) is 4.35. The zero-order chi connectivity index (χ0) is 13.8. The fourth-order valence-corrected chi connectivity index (χ4v) is 1.94. The molecule has 0 saturated heterocycles. The molecule has 0 unspecified atom stereocenters. The minimum Gasteiger partial charge on any atom is -0.289 e. The van der Waals surface area contributed by atoms with Gasteiger partial charge in [0.1, 0.15) is 5.82 Å². The lowest BCUT2D eigenvalue weighted by atomic mass is 10.1. The van der Waals surface area contributed by atoms with Crippen LogP contribution in [0.5, 0.6) is 0 Å². The quantitative estimate of drug-likeness (QED) is 0.573. The second kappa shape index (κ2) is 6.00. The number of rotatable bonds is 3. The standard InChI is InChI=1S/C15H9Cl2FO/c16-11-5-6-14(17)13(9-11)15(19)7-4-10-2-1-3-12(18)8-10/h1-9H. The van der Waals surface area contributed by atoms with Crippen LogP contribution >= 0.6 is 23.2 Å². The van der Waals surface area contributed by atoms with Gasteiger partial charge in [-0.15, -0.1) is 0 Å². The number of ketones is 1. The SMILES string of the molecule is O=C(C=Cc1cccc(F)c1)c1cc(Cl)ccc1Cl. The number of halogens is 3. The lowest BCUT2D eigenvalue weighted by molar-refractivity contribution is 0.104. The molecule has 0 aliphatic carbocycles. The third kappa shape index (κ3) is 3.66. The molecule has 0 bridgehead atoms. The third-order valence-electron chi connectivity index (χ3n) is 2.47. The summed E-state index contributed by atoms with van der Waals surface area (Å²) in [7, 11) is 0. The zero-order valence-electron chi connectivity index (χ0n) is 9.74. The van der Waals surface area contributed by atoms with Crippen LogP contribution in [0, 0.1) is 5.82 Å². The maximum absolute atomic E-state index is 13.0. The highest BCUT2D eigenvalue weighted by Crippen LogP contribution is 2.21. The van der Waals surface area contributed by atoms with E-state index in [2.05, 4.69) is 0 Å². The monoisotopic (exact) mass is 294 g/mol. The molecule has 4 heteroatoms. The van der Waals surface area contributed by atoms with Crippen LogP contribution in [-0.2, 0) is 0 Å². The molecule has 96 valence electrons. The maximum Gasteiger partial charge on any atom is 0.187 e. The van der Waals surface area contributed by atoms with E-state index in [1.54, 1.807) is 24.3 Å². The predicted molar refractivity (Wildman–Crippen MR) is 76.2 cm³/mol. The van der Waals surface area contributed by atoms with E-state index in [-0.39, 0.29) is 11.6 Å². The van der Waals surface area contributed by atoms with Crippen LogP contribution in [0.15, 0.2) is 48.5 Å². The van der Waals surface area contributed by atoms with E-state index in [1.165, 1.54) is 30.4 Å². The van der Waals surface area contributed by atoms with Gasteiger partial charge >= 0.3 is 0 Å². The van der Waals surface area contributed by atoms with Crippen molar-refractivity contribution in [1.82, 2.24) is 0 Å². The van der Waals surface area contributed by atoms with E-state index >= 15 is 0 Å². The Balaban J connectivity index is 2.23.